The van der Waals surface area contributed by atoms with Crippen molar-refractivity contribution < 1.29 is 4.42 Å². The molecule has 7 heteroatoms. The Morgan fingerprint density at radius 2 is 0.908 bits per heavy atom. The molecule has 0 aliphatic rings. The van der Waals surface area contributed by atoms with Crippen molar-refractivity contribution in [3.05, 3.63) is 212 Å². The lowest BCUT2D eigenvalue weighted by molar-refractivity contribution is 0.670. The van der Waals surface area contributed by atoms with Crippen molar-refractivity contribution in [2.45, 2.75) is 0 Å². The molecule has 302 valence electrons. The number of fused-ring (bicyclic) bond motifs is 10. The SMILES string of the molecule is N#Cc1ccc(-c2nc(-c3ccc(-c4ccccc4)cc3)nc(-n3c4ccccc4c4ccc5c6ccccc6n(-c6cc(-c7ccccc7)c7oc8ccccc8c7c6)c5c43)n2)cc1. The van der Waals surface area contributed by atoms with Crippen LogP contribution >= 0.6 is 0 Å². The number of furan rings is 1. The van der Waals surface area contributed by atoms with Crippen LogP contribution in [0.15, 0.2) is 211 Å². The van der Waals surface area contributed by atoms with Gasteiger partial charge in [0.2, 0.25) is 5.95 Å². The first-order chi connectivity index (χ1) is 32.2. The molecule has 13 rings (SSSR count). The molecule has 9 aromatic carbocycles. The van der Waals surface area contributed by atoms with Gasteiger partial charge in [-0.15, -0.1) is 0 Å². The molecule has 7 nitrogen and oxygen atoms in total. The number of para-hydroxylation sites is 3. The summed E-state index contributed by atoms with van der Waals surface area (Å²) < 4.78 is 11.3. The van der Waals surface area contributed by atoms with E-state index in [0.717, 1.165) is 105 Å². The zero-order valence-corrected chi connectivity index (χ0v) is 34.7. The lowest BCUT2D eigenvalue weighted by Gasteiger charge is -2.14. The minimum atomic E-state index is 0.484. The molecule has 0 aliphatic carbocycles. The molecule has 4 aromatic heterocycles. The predicted octanol–water partition coefficient (Wildman–Crippen LogP) is 14.5. The Balaban J connectivity index is 1.14. The van der Waals surface area contributed by atoms with Gasteiger partial charge in [-0.1, -0.05) is 152 Å². The van der Waals surface area contributed by atoms with Crippen LogP contribution < -0.4 is 0 Å². The molecule has 0 spiro atoms. The fourth-order valence-electron chi connectivity index (χ4n) is 9.61. The third kappa shape index (κ3) is 5.78. The first-order valence-electron chi connectivity index (χ1n) is 21.6. The summed E-state index contributed by atoms with van der Waals surface area (Å²) >= 11 is 0. The molecule has 0 atom stereocenters. The Bertz CT molecular complexity index is 4050. The number of hydrogen-bond donors (Lipinski definition) is 0. The van der Waals surface area contributed by atoms with E-state index in [0.29, 0.717) is 23.2 Å². The average Bonchev–Trinajstić information content (AvgIpc) is 4.04. The summed E-state index contributed by atoms with van der Waals surface area (Å²) in [5.41, 5.74) is 13.3. The normalized spacial score (nSPS) is 11.7. The van der Waals surface area contributed by atoms with Gasteiger partial charge in [-0.2, -0.15) is 15.2 Å². The van der Waals surface area contributed by atoms with Crippen molar-refractivity contribution >= 4 is 65.6 Å². The minimum absolute atomic E-state index is 0.484. The van der Waals surface area contributed by atoms with Crippen LogP contribution in [0.25, 0.3) is 122 Å². The fraction of sp³-hybridized carbons (Fsp3) is 0. The van der Waals surface area contributed by atoms with Gasteiger partial charge in [0.05, 0.1) is 33.7 Å². The lowest BCUT2D eigenvalue weighted by atomic mass is 10.0. The molecule has 0 fully saturated rings. The standard InChI is InChI=1S/C58H34N6O/c59-35-36-23-25-40(26-24-36)56-60-57(41-29-27-38(28-30-41)37-13-3-1-4-14-37)62-58(61-56)64-51-21-11-8-18-44(51)47-32-31-46-43-17-7-10-20-50(43)63(53(46)54(47)64)42-33-48(39-15-5-2-6-16-39)55-49(34-42)45-19-9-12-22-52(45)65-55/h1-34H. The van der Waals surface area contributed by atoms with Crippen LogP contribution in [-0.2, 0) is 0 Å². The van der Waals surface area contributed by atoms with Crippen molar-refractivity contribution in [2.24, 2.45) is 0 Å². The molecule has 13 aromatic rings. The predicted molar refractivity (Wildman–Crippen MR) is 262 cm³/mol. The smallest absolute Gasteiger partial charge is 0.238 e. The highest BCUT2D eigenvalue weighted by atomic mass is 16.3. The van der Waals surface area contributed by atoms with Crippen LogP contribution in [0.5, 0.6) is 0 Å². The van der Waals surface area contributed by atoms with Gasteiger partial charge in [-0.25, -0.2) is 4.98 Å². The molecule has 65 heavy (non-hydrogen) atoms. The molecular formula is C58H34N6O. The van der Waals surface area contributed by atoms with Crippen LogP contribution in [0.2, 0.25) is 0 Å². The Labute approximate surface area is 372 Å². The van der Waals surface area contributed by atoms with Gasteiger partial charge >= 0.3 is 0 Å². The molecule has 0 N–H and O–H groups in total. The Hall–Kier alpha value is -9.12. The third-order valence-corrected chi connectivity index (χ3v) is 12.6. The summed E-state index contributed by atoms with van der Waals surface area (Å²) in [4.78, 5) is 15.8. The molecule has 0 saturated heterocycles. The number of benzene rings is 9. The molecule has 4 heterocycles. The number of nitriles is 1. The number of rotatable bonds is 6. The largest absolute Gasteiger partial charge is 0.455 e. The van der Waals surface area contributed by atoms with E-state index < -0.39 is 0 Å². The quantitative estimate of drug-likeness (QED) is 0.167. The minimum Gasteiger partial charge on any atom is -0.455 e. The summed E-state index contributed by atoms with van der Waals surface area (Å²) in [6.07, 6.45) is 0. The number of nitrogens with zero attached hydrogens (tertiary/aromatic N) is 6. The number of aromatic nitrogens is 5. The van der Waals surface area contributed by atoms with Gasteiger partial charge in [0.1, 0.15) is 11.2 Å². The highest BCUT2D eigenvalue weighted by molar-refractivity contribution is 6.24. The first-order valence-corrected chi connectivity index (χ1v) is 21.6. The van der Waals surface area contributed by atoms with E-state index in [1.54, 1.807) is 12.1 Å². The molecule has 0 unspecified atom stereocenters. The van der Waals surface area contributed by atoms with E-state index in [2.05, 4.69) is 161 Å². The topological polar surface area (TPSA) is 85.5 Å². The fourth-order valence-corrected chi connectivity index (χ4v) is 9.61. The van der Waals surface area contributed by atoms with Crippen molar-refractivity contribution in [1.82, 2.24) is 24.1 Å². The first kappa shape index (κ1) is 36.5. The lowest BCUT2D eigenvalue weighted by Crippen LogP contribution is -2.07. The summed E-state index contributed by atoms with van der Waals surface area (Å²) in [5.74, 6) is 1.53. The maximum Gasteiger partial charge on any atom is 0.238 e. The monoisotopic (exact) mass is 830 g/mol. The van der Waals surface area contributed by atoms with Crippen LogP contribution in [0.1, 0.15) is 5.56 Å². The molecule has 0 radical (unpaired) electrons. The van der Waals surface area contributed by atoms with Crippen molar-refractivity contribution in [3.8, 4) is 62.7 Å². The summed E-state index contributed by atoms with van der Waals surface area (Å²) in [7, 11) is 0. The highest BCUT2D eigenvalue weighted by Crippen LogP contribution is 2.44. The van der Waals surface area contributed by atoms with E-state index in [4.69, 9.17) is 19.4 Å². The molecular weight excluding hydrogens is 797 g/mol. The maximum absolute atomic E-state index is 9.67. The van der Waals surface area contributed by atoms with Gasteiger partial charge in [0.15, 0.2) is 11.6 Å². The van der Waals surface area contributed by atoms with Crippen LogP contribution in [-0.4, -0.2) is 24.1 Å². The average molecular weight is 831 g/mol. The zero-order chi connectivity index (χ0) is 43.0. The Morgan fingerprint density at radius 1 is 0.400 bits per heavy atom. The van der Waals surface area contributed by atoms with Crippen molar-refractivity contribution in [2.75, 3.05) is 0 Å². The van der Waals surface area contributed by atoms with Gasteiger partial charge in [0.25, 0.3) is 0 Å². The van der Waals surface area contributed by atoms with Gasteiger partial charge in [-0.05, 0) is 71.3 Å². The van der Waals surface area contributed by atoms with Gasteiger partial charge in [0, 0.05) is 54.7 Å². The van der Waals surface area contributed by atoms with Crippen LogP contribution in [0, 0.1) is 11.3 Å². The highest BCUT2D eigenvalue weighted by Gasteiger charge is 2.25. The summed E-state index contributed by atoms with van der Waals surface area (Å²) in [6.45, 7) is 0. The van der Waals surface area contributed by atoms with E-state index in [9.17, 15) is 5.26 Å². The van der Waals surface area contributed by atoms with Crippen LogP contribution in [0.4, 0.5) is 0 Å². The summed E-state index contributed by atoms with van der Waals surface area (Å²) in [5, 5.41) is 16.2. The van der Waals surface area contributed by atoms with E-state index in [1.807, 2.05) is 48.5 Å². The van der Waals surface area contributed by atoms with Crippen molar-refractivity contribution in [1.29, 1.82) is 5.26 Å². The number of hydrogen-bond acceptors (Lipinski definition) is 5. The van der Waals surface area contributed by atoms with Gasteiger partial charge in [-0.3, -0.25) is 4.57 Å². The zero-order valence-electron chi connectivity index (χ0n) is 34.7. The molecule has 0 bridgehead atoms. The molecule has 0 saturated carbocycles. The Kier molecular flexibility index (Phi) is 8.14. The molecule has 0 amide bonds. The maximum atomic E-state index is 9.67. The Morgan fingerprint density at radius 3 is 1.55 bits per heavy atom. The second-order valence-corrected chi connectivity index (χ2v) is 16.3. The van der Waals surface area contributed by atoms with Gasteiger partial charge < -0.3 is 8.98 Å². The van der Waals surface area contributed by atoms with Crippen LogP contribution in [0.3, 0.4) is 0 Å². The van der Waals surface area contributed by atoms with E-state index >= 15 is 0 Å². The second kappa shape index (κ2) is 14.5. The van der Waals surface area contributed by atoms with E-state index in [-0.39, 0.29) is 0 Å². The van der Waals surface area contributed by atoms with Crippen molar-refractivity contribution in [3.63, 3.8) is 0 Å². The third-order valence-electron chi connectivity index (χ3n) is 12.6. The second-order valence-electron chi connectivity index (χ2n) is 16.3. The molecule has 0 aliphatic heterocycles. The summed E-state index contributed by atoms with van der Waals surface area (Å²) in [6, 6.07) is 73.3. The van der Waals surface area contributed by atoms with E-state index in [1.165, 1.54) is 0 Å².